The standard InChI is InChI=1S/C12H9F4N/c13-10-6-8(11(7-17)4-1-5-11)2-3-9(10)12(14,15)16/h2-3,6H,1,4-5H2. The summed E-state index contributed by atoms with van der Waals surface area (Å²) in [5.74, 6) is -1.31. The molecule has 0 spiro atoms. The first-order valence-corrected chi connectivity index (χ1v) is 5.17. The van der Waals surface area contributed by atoms with E-state index in [0.717, 1.165) is 12.5 Å². The first-order chi connectivity index (χ1) is 7.89. The lowest BCUT2D eigenvalue weighted by atomic mass is 9.65. The minimum atomic E-state index is -4.69. The van der Waals surface area contributed by atoms with Gasteiger partial charge in [0.2, 0.25) is 0 Å². The topological polar surface area (TPSA) is 23.8 Å². The van der Waals surface area contributed by atoms with E-state index in [1.807, 2.05) is 0 Å². The van der Waals surface area contributed by atoms with Gasteiger partial charge in [0.05, 0.1) is 17.0 Å². The number of alkyl halides is 3. The Hall–Kier alpha value is -1.57. The summed E-state index contributed by atoms with van der Waals surface area (Å²) in [4.78, 5) is 0. The molecular formula is C12H9F4N. The van der Waals surface area contributed by atoms with Crippen LogP contribution in [-0.4, -0.2) is 0 Å². The average Bonchev–Trinajstić information content (AvgIpc) is 2.14. The van der Waals surface area contributed by atoms with E-state index in [-0.39, 0.29) is 0 Å². The summed E-state index contributed by atoms with van der Waals surface area (Å²) >= 11 is 0. The molecule has 5 heteroatoms. The first kappa shape index (κ1) is 11.9. The van der Waals surface area contributed by atoms with Crippen molar-refractivity contribution in [3.63, 3.8) is 0 Å². The Morgan fingerprint density at radius 2 is 1.88 bits per heavy atom. The molecule has 0 aromatic heterocycles. The van der Waals surface area contributed by atoms with Gasteiger partial charge in [0.15, 0.2) is 0 Å². The van der Waals surface area contributed by atoms with Gasteiger partial charge >= 0.3 is 6.18 Å². The molecule has 1 aliphatic rings. The van der Waals surface area contributed by atoms with Gasteiger partial charge in [-0.15, -0.1) is 0 Å². The quantitative estimate of drug-likeness (QED) is 0.688. The van der Waals surface area contributed by atoms with Crippen molar-refractivity contribution in [2.75, 3.05) is 0 Å². The van der Waals surface area contributed by atoms with Crippen molar-refractivity contribution in [2.45, 2.75) is 30.9 Å². The monoisotopic (exact) mass is 243 g/mol. The van der Waals surface area contributed by atoms with Gasteiger partial charge in [-0.3, -0.25) is 0 Å². The molecule has 0 radical (unpaired) electrons. The van der Waals surface area contributed by atoms with Crippen molar-refractivity contribution in [2.24, 2.45) is 0 Å². The van der Waals surface area contributed by atoms with Crippen LogP contribution in [-0.2, 0) is 11.6 Å². The number of benzene rings is 1. The number of hydrogen-bond donors (Lipinski definition) is 0. The van der Waals surface area contributed by atoms with Crippen molar-refractivity contribution >= 4 is 0 Å². The first-order valence-electron chi connectivity index (χ1n) is 5.17. The summed E-state index contributed by atoms with van der Waals surface area (Å²) in [6, 6.07) is 4.82. The van der Waals surface area contributed by atoms with Crippen molar-refractivity contribution in [3.8, 4) is 6.07 Å². The second kappa shape index (κ2) is 3.73. The molecule has 0 aliphatic heterocycles. The van der Waals surface area contributed by atoms with E-state index in [9.17, 15) is 17.6 Å². The normalized spacial score (nSPS) is 18.3. The number of rotatable bonds is 1. The van der Waals surface area contributed by atoms with Gasteiger partial charge in [-0.25, -0.2) is 4.39 Å². The fourth-order valence-electron chi connectivity index (χ4n) is 2.04. The van der Waals surface area contributed by atoms with Gasteiger partial charge < -0.3 is 0 Å². The molecule has 0 atom stereocenters. The van der Waals surface area contributed by atoms with E-state index in [2.05, 4.69) is 6.07 Å². The molecule has 17 heavy (non-hydrogen) atoms. The number of nitrogens with zero attached hydrogens (tertiary/aromatic N) is 1. The van der Waals surface area contributed by atoms with E-state index < -0.39 is 23.0 Å². The molecule has 2 rings (SSSR count). The Labute approximate surface area is 95.7 Å². The Morgan fingerprint density at radius 3 is 2.24 bits per heavy atom. The van der Waals surface area contributed by atoms with Crippen LogP contribution in [0, 0.1) is 17.1 Å². The molecule has 0 bridgehead atoms. The molecule has 1 saturated carbocycles. The minimum absolute atomic E-state index is 0.344. The van der Waals surface area contributed by atoms with Gasteiger partial charge in [-0.05, 0) is 37.0 Å². The second-order valence-electron chi connectivity index (χ2n) is 4.24. The molecule has 1 aromatic rings. The molecular weight excluding hydrogens is 234 g/mol. The van der Waals surface area contributed by atoms with Crippen LogP contribution in [0.2, 0.25) is 0 Å². The molecule has 1 fully saturated rings. The Kier molecular flexibility index (Phi) is 2.61. The predicted molar refractivity (Wildman–Crippen MR) is 52.5 cm³/mol. The maximum Gasteiger partial charge on any atom is 0.419 e. The van der Waals surface area contributed by atoms with Gasteiger partial charge in [0, 0.05) is 0 Å². The molecule has 1 aliphatic carbocycles. The van der Waals surface area contributed by atoms with Crippen molar-refractivity contribution in [1.82, 2.24) is 0 Å². The average molecular weight is 243 g/mol. The highest BCUT2D eigenvalue weighted by Gasteiger charge is 2.41. The zero-order valence-corrected chi connectivity index (χ0v) is 8.81. The van der Waals surface area contributed by atoms with E-state index >= 15 is 0 Å². The minimum Gasteiger partial charge on any atom is -0.206 e. The summed E-state index contributed by atoms with van der Waals surface area (Å²) in [6.45, 7) is 0. The summed E-state index contributed by atoms with van der Waals surface area (Å²) in [7, 11) is 0. The van der Waals surface area contributed by atoms with Crippen LogP contribution in [0.25, 0.3) is 0 Å². The smallest absolute Gasteiger partial charge is 0.206 e. The van der Waals surface area contributed by atoms with Crippen LogP contribution in [0.1, 0.15) is 30.4 Å². The highest BCUT2D eigenvalue weighted by Crippen LogP contribution is 2.44. The zero-order valence-electron chi connectivity index (χ0n) is 8.81. The highest BCUT2D eigenvalue weighted by molar-refractivity contribution is 5.38. The van der Waals surface area contributed by atoms with Crippen LogP contribution < -0.4 is 0 Å². The summed E-state index contributed by atoms with van der Waals surface area (Å²) in [5.41, 5.74) is -1.73. The second-order valence-corrected chi connectivity index (χ2v) is 4.24. The van der Waals surface area contributed by atoms with Gasteiger partial charge in [-0.2, -0.15) is 18.4 Å². The Balaban J connectivity index is 2.42. The van der Waals surface area contributed by atoms with E-state index in [4.69, 9.17) is 5.26 Å². The summed E-state index contributed by atoms with van der Waals surface area (Å²) in [5, 5.41) is 9.02. The zero-order chi connectivity index (χ0) is 12.7. The molecule has 0 saturated heterocycles. The molecule has 0 amide bonds. The molecule has 0 N–H and O–H groups in total. The van der Waals surface area contributed by atoms with Gasteiger partial charge in [-0.1, -0.05) is 6.07 Å². The Bertz CT molecular complexity index is 480. The maximum absolute atomic E-state index is 13.3. The predicted octanol–water partition coefficient (Wildman–Crippen LogP) is 3.79. The SMILES string of the molecule is N#CC1(c2ccc(C(F)(F)F)c(F)c2)CCC1. The van der Waals surface area contributed by atoms with Crippen molar-refractivity contribution in [3.05, 3.63) is 35.1 Å². The van der Waals surface area contributed by atoms with Crippen molar-refractivity contribution in [1.29, 1.82) is 5.26 Å². The van der Waals surface area contributed by atoms with Gasteiger partial charge in [0.25, 0.3) is 0 Å². The van der Waals surface area contributed by atoms with E-state index in [1.54, 1.807) is 0 Å². The fraction of sp³-hybridized carbons (Fsp3) is 0.417. The summed E-state index contributed by atoms with van der Waals surface area (Å²) in [6.07, 6.45) is -2.69. The van der Waals surface area contributed by atoms with Crippen LogP contribution in [0.3, 0.4) is 0 Å². The number of hydrogen-bond acceptors (Lipinski definition) is 1. The highest BCUT2D eigenvalue weighted by atomic mass is 19.4. The van der Waals surface area contributed by atoms with Crippen LogP contribution in [0.15, 0.2) is 18.2 Å². The number of halogens is 4. The number of nitriles is 1. The third-order valence-electron chi connectivity index (χ3n) is 3.25. The lowest BCUT2D eigenvalue weighted by molar-refractivity contribution is -0.140. The third kappa shape index (κ3) is 1.88. The third-order valence-corrected chi connectivity index (χ3v) is 3.25. The van der Waals surface area contributed by atoms with E-state index in [1.165, 1.54) is 6.07 Å². The molecule has 90 valence electrons. The molecule has 1 nitrogen and oxygen atoms in total. The van der Waals surface area contributed by atoms with Crippen molar-refractivity contribution < 1.29 is 17.6 Å². The molecule has 0 unspecified atom stereocenters. The molecule has 1 aromatic carbocycles. The lowest BCUT2D eigenvalue weighted by Crippen LogP contribution is -2.32. The van der Waals surface area contributed by atoms with E-state index in [0.29, 0.717) is 24.5 Å². The summed E-state index contributed by atoms with van der Waals surface area (Å²) < 4.78 is 50.4. The Morgan fingerprint density at radius 1 is 1.24 bits per heavy atom. The van der Waals surface area contributed by atoms with Crippen LogP contribution in [0.4, 0.5) is 17.6 Å². The van der Waals surface area contributed by atoms with Crippen LogP contribution in [0.5, 0.6) is 0 Å². The molecule has 0 heterocycles. The fourth-order valence-corrected chi connectivity index (χ4v) is 2.04. The van der Waals surface area contributed by atoms with Gasteiger partial charge in [0.1, 0.15) is 5.82 Å². The van der Waals surface area contributed by atoms with Crippen LogP contribution >= 0.6 is 0 Å². The largest absolute Gasteiger partial charge is 0.419 e. The lowest BCUT2D eigenvalue weighted by Gasteiger charge is -2.35. The maximum atomic E-state index is 13.3.